The van der Waals surface area contributed by atoms with Gasteiger partial charge in [-0.1, -0.05) is 40.7 Å². The zero-order chi connectivity index (χ0) is 24.4. The van der Waals surface area contributed by atoms with Crippen LogP contribution >= 0.6 is 0 Å². The summed E-state index contributed by atoms with van der Waals surface area (Å²) in [6.45, 7) is 12.9. The molecule has 1 aromatic carbocycles. The minimum atomic E-state index is -1.70. The van der Waals surface area contributed by atoms with Gasteiger partial charge in [0, 0.05) is 12.5 Å². The average molecular weight is 447 g/mol. The first-order chi connectivity index (χ1) is 14.7. The Labute approximate surface area is 188 Å². The number of carbonyl (C=O) groups excluding carboxylic acids is 1. The van der Waals surface area contributed by atoms with E-state index in [1.165, 1.54) is 13.8 Å². The van der Waals surface area contributed by atoms with Gasteiger partial charge in [-0.2, -0.15) is 4.39 Å². The number of carboxylic acids is 1. The number of hydrogen-bond donors (Lipinski definition) is 1. The van der Waals surface area contributed by atoms with Gasteiger partial charge in [0.05, 0.1) is 0 Å². The summed E-state index contributed by atoms with van der Waals surface area (Å²) < 4.78 is 34.3. The van der Waals surface area contributed by atoms with Gasteiger partial charge >= 0.3 is 11.9 Å². The predicted octanol–water partition coefficient (Wildman–Crippen LogP) is 6.94. The van der Waals surface area contributed by atoms with Crippen LogP contribution in [-0.4, -0.2) is 17.0 Å². The van der Waals surface area contributed by atoms with Gasteiger partial charge in [0.15, 0.2) is 0 Å². The fourth-order valence-electron chi connectivity index (χ4n) is 4.10. The second-order valence-corrected chi connectivity index (χ2v) is 9.57. The first-order valence-electron chi connectivity index (χ1n) is 10.8. The zero-order valence-corrected chi connectivity index (χ0v) is 19.9. The van der Waals surface area contributed by atoms with Crippen LogP contribution in [-0.2, 0) is 20.4 Å². The minimum absolute atomic E-state index is 0.122. The number of esters is 1. The molecular weight excluding hydrogens is 414 g/mol. The summed E-state index contributed by atoms with van der Waals surface area (Å²) in [6.07, 6.45) is 4.36. The fraction of sp³-hybridized carbons (Fsp3) is 0.462. The molecule has 174 valence electrons. The quantitative estimate of drug-likeness (QED) is 0.223. The Balaban J connectivity index is 2.75. The lowest BCUT2D eigenvalue weighted by Gasteiger charge is -2.42. The maximum absolute atomic E-state index is 15.2. The zero-order valence-electron chi connectivity index (χ0n) is 19.9. The van der Waals surface area contributed by atoms with Gasteiger partial charge in [-0.15, -0.1) is 0 Å². The van der Waals surface area contributed by atoms with Gasteiger partial charge in [0.1, 0.15) is 11.6 Å². The van der Waals surface area contributed by atoms with Crippen LogP contribution in [0.5, 0.6) is 5.75 Å². The lowest BCUT2D eigenvalue weighted by molar-refractivity contribution is -0.134. The summed E-state index contributed by atoms with van der Waals surface area (Å²) in [6, 6.07) is 3.75. The number of allylic oxidation sites excluding steroid dienone is 5. The largest absolute Gasteiger partial charge is 0.476 e. The number of hydrogen-bond acceptors (Lipinski definition) is 3. The molecule has 0 spiro atoms. The Morgan fingerprint density at radius 1 is 1.03 bits per heavy atom. The van der Waals surface area contributed by atoms with E-state index in [-0.39, 0.29) is 28.6 Å². The molecule has 1 aliphatic rings. The van der Waals surface area contributed by atoms with E-state index in [0.717, 1.165) is 36.1 Å². The highest BCUT2D eigenvalue weighted by Gasteiger charge is 2.38. The van der Waals surface area contributed by atoms with Crippen molar-refractivity contribution in [1.29, 1.82) is 0 Å². The lowest BCUT2D eigenvalue weighted by atomic mass is 9.62. The number of halogens is 2. The molecule has 0 heterocycles. The van der Waals surface area contributed by atoms with Crippen molar-refractivity contribution in [1.82, 2.24) is 0 Å². The van der Waals surface area contributed by atoms with E-state index in [0.29, 0.717) is 11.1 Å². The molecule has 0 bridgehead atoms. The van der Waals surface area contributed by atoms with E-state index in [1.807, 2.05) is 12.1 Å². The normalized spacial score (nSPS) is 18.5. The Morgan fingerprint density at radius 2 is 1.56 bits per heavy atom. The molecule has 4 nitrogen and oxygen atoms in total. The van der Waals surface area contributed by atoms with Crippen molar-refractivity contribution >= 4 is 17.5 Å². The molecule has 0 unspecified atom stereocenters. The smallest absolute Gasteiger partial charge is 0.365 e. The number of carboxylic acid groups (broad SMARTS) is 1. The molecule has 0 atom stereocenters. The number of aliphatic carboxylic acids is 1. The molecule has 0 saturated heterocycles. The second kappa shape index (κ2) is 9.39. The molecule has 1 aliphatic carbocycles. The highest BCUT2D eigenvalue weighted by atomic mass is 19.1. The van der Waals surface area contributed by atoms with Crippen LogP contribution in [0.3, 0.4) is 0 Å². The number of benzene rings is 1. The van der Waals surface area contributed by atoms with E-state index in [9.17, 15) is 14.0 Å². The summed E-state index contributed by atoms with van der Waals surface area (Å²) in [5.41, 5.74) is 2.46. The third kappa shape index (κ3) is 5.34. The lowest BCUT2D eigenvalue weighted by Crippen LogP contribution is -2.34. The van der Waals surface area contributed by atoms with Crippen molar-refractivity contribution in [3.05, 3.63) is 58.2 Å². The molecule has 0 amide bonds. The van der Waals surface area contributed by atoms with Crippen molar-refractivity contribution in [2.45, 2.75) is 78.6 Å². The van der Waals surface area contributed by atoms with Gasteiger partial charge in [0.2, 0.25) is 5.83 Å². The highest BCUT2D eigenvalue weighted by Crippen LogP contribution is 2.49. The standard InChI is InChI=1S/C26H32F2O4/c1-8-17(21(27)10-9-15(2)23(28)24(30)31)18-13-19-20(14-22(18)32-16(3)29)26(6,7)12-11-25(19,4)5/h9-10,13-14H,8,11-12H2,1-7H3,(H,30,31)/b10-9+,21-17+,23-15-. The van der Waals surface area contributed by atoms with Crippen molar-refractivity contribution in [2.24, 2.45) is 0 Å². The molecule has 0 aliphatic heterocycles. The van der Waals surface area contributed by atoms with Crippen molar-refractivity contribution in [2.75, 3.05) is 0 Å². The summed E-state index contributed by atoms with van der Waals surface area (Å²) >= 11 is 0. The fourth-order valence-corrected chi connectivity index (χ4v) is 4.10. The molecule has 1 aromatic rings. The monoisotopic (exact) mass is 446 g/mol. The van der Waals surface area contributed by atoms with Gasteiger partial charge < -0.3 is 9.84 Å². The van der Waals surface area contributed by atoms with Crippen molar-refractivity contribution < 1.29 is 28.2 Å². The first kappa shape index (κ1) is 25.5. The van der Waals surface area contributed by atoms with Crippen LogP contribution < -0.4 is 4.74 Å². The van der Waals surface area contributed by atoms with Crippen LogP contribution in [0.25, 0.3) is 5.57 Å². The maximum Gasteiger partial charge on any atom is 0.365 e. The van der Waals surface area contributed by atoms with Crippen LogP contribution in [0, 0.1) is 0 Å². The molecule has 1 N–H and O–H groups in total. The average Bonchev–Trinajstić information content (AvgIpc) is 2.69. The summed E-state index contributed by atoms with van der Waals surface area (Å²) in [5.74, 6) is -3.92. The Bertz CT molecular complexity index is 1030. The van der Waals surface area contributed by atoms with Crippen LogP contribution in [0.1, 0.15) is 84.4 Å². The summed E-state index contributed by atoms with van der Waals surface area (Å²) in [5, 5.41) is 8.75. The number of rotatable bonds is 6. The highest BCUT2D eigenvalue weighted by molar-refractivity contribution is 5.85. The van der Waals surface area contributed by atoms with E-state index in [4.69, 9.17) is 9.84 Å². The topological polar surface area (TPSA) is 63.6 Å². The molecule has 6 heteroatoms. The second-order valence-electron chi connectivity index (χ2n) is 9.57. The molecule has 32 heavy (non-hydrogen) atoms. The predicted molar refractivity (Wildman–Crippen MR) is 122 cm³/mol. The molecule has 0 fully saturated rings. The SMILES string of the molecule is CC/C(=C(F)/C=C/C(C)=C(\F)C(=O)O)c1cc2c(cc1OC(C)=O)C(C)(C)CCC2(C)C. The van der Waals surface area contributed by atoms with Gasteiger partial charge in [0.25, 0.3) is 0 Å². The Hall–Kier alpha value is -2.76. The van der Waals surface area contributed by atoms with Gasteiger partial charge in [-0.05, 0) is 77.5 Å². The number of carbonyl (C=O) groups is 2. The Morgan fingerprint density at radius 3 is 2.03 bits per heavy atom. The molecule has 0 radical (unpaired) electrons. The van der Waals surface area contributed by atoms with Gasteiger partial charge in [-0.3, -0.25) is 4.79 Å². The third-order valence-corrected chi connectivity index (χ3v) is 6.19. The van der Waals surface area contributed by atoms with Gasteiger partial charge in [-0.25, -0.2) is 9.18 Å². The van der Waals surface area contributed by atoms with Crippen molar-refractivity contribution in [3.63, 3.8) is 0 Å². The number of fused-ring (bicyclic) bond motifs is 1. The summed E-state index contributed by atoms with van der Waals surface area (Å²) in [7, 11) is 0. The third-order valence-electron chi connectivity index (χ3n) is 6.19. The van der Waals surface area contributed by atoms with Crippen LogP contribution in [0.15, 0.2) is 41.5 Å². The van der Waals surface area contributed by atoms with E-state index in [1.54, 1.807) is 6.92 Å². The van der Waals surface area contributed by atoms with Crippen LogP contribution in [0.2, 0.25) is 0 Å². The van der Waals surface area contributed by atoms with Crippen LogP contribution in [0.4, 0.5) is 8.78 Å². The molecule has 0 saturated carbocycles. The molecule has 2 rings (SSSR count). The molecule has 0 aromatic heterocycles. The maximum atomic E-state index is 15.2. The van der Waals surface area contributed by atoms with E-state index < -0.39 is 23.6 Å². The van der Waals surface area contributed by atoms with E-state index >= 15 is 4.39 Å². The number of ether oxygens (including phenoxy) is 1. The minimum Gasteiger partial charge on any atom is -0.476 e. The molecular formula is C26H32F2O4. The summed E-state index contributed by atoms with van der Waals surface area (Å²) in [4.78, 5) is 22.6. The first-order valence-corrected chi connectivity index (χ1v) is 10.8. The Kier molecular flexibility index (Phi) is 7.48. The van der Waals surface area contributed by atoms with E-state index in [2.05, 4.69) is 27.7 Å². The van der Waals surface area contributed by atoms with Crippen molar-refractivity contribution in [3.8, 4) is 5.75 Å².